The van der Waals surface area contributed by atoms with Crippen molar-refractivity contribution in [2.24, 2.45) is 29.3 Å². The van der Waals surface area contributed by atoms with Gasteiger partial charge in [-0.3, -0.25) is 23.5 Å². The lowest BCUT2D eigenvalue weighted by molar-refractivity contribution is -0.215. The van der Waals surface area contributed by atoms with E-state index in [0.717, 1.165) is 37.8 Å². The number of aliphatic imine (C=N–C) groups is 1. The molecule has 204 valence electrons. The topological polar surface area (TPSA) is 194 Å². The zero-order valence-corrected chi connectivity index (χ0v) is 21.4. The number of carbonyl (C=O) groups is 4. The molecule has 0 bridgehead atoms. The standard InChI is InChI=1S/C25H20N6O9/c1-12(32)26-19-18(22(35)30(3)24(37)29(19)2)28-27-17-15(23(36)39-4)11-10-14-16(17)21(34)31(20(14)33)25(38)40-13-8-6-5-7-9-13/h5-11H,1-4H3,(H,26,32)/p-1. The van der Waals surface area contributed by atoms with Gasteiger partial charge >= 0.3 is 17.8 Å². The highest BCUT2D eigenvalue weighted by molar-refractivity contribution is 6.30. The third-order valence-electron chi connectivity index (χ3n) is 5.69. The summed E-state index contributed by atoms with van der Waals surface area (Å²) < 4.78 is 11.4. The van der Waals surface area contributed by atoms with Crippen LogP contribution in [0.5, 0.6) is 5.75 Å². The van der Waals surface area contributed by atoms with Crippen LogP contribution >= 0.6 is 0 Å². The highest BCUT2D eigenvalue weighted by Gasteiger charge is 2.44. The number of carbonyl (C=O) groups excluding carboxylic acids is 4. The minimum atomic E-state index is -1.31. The van der Waals surface area contributed by atoms with E-state index in [9.17, 15) is 33.9 Å². The molecule has 0 saturated heterocycles. The van der Waals surface area contributed by atoms with Crippen molar-refractivity contribution in [3.8, 4) is 5.75 Å². The summed E-state index contributed by atoms with van der Waals surface area (Å²) in [6, 6.07) is 9.92. The number of methoxy groups -OCH3 is 1. The van der Waals surface area contributed by atoms with E-state index in [4.69, 9.17) is 9.47 Å². The highest BCUT2D eigenvalue weighted by atomic mass is 16.6. The van der Waals surface area contributed by atoms with Crippen molar-refractivity contribution in [2.75, 3.05) is 7.11 Å². The Bertz CT molecular complexity index is 1770. The predicted octanol–water partition coefficient (Wildman–Crippen LogP) is 1.49. The van der Waals surface area contributed by atoms with E-state index in [2.05, 4.69) is 15.2 Å². The number of imide groups is 3. The smallest absolute Gasteiger partial charge is 0.429 e. The number of fused-ring (bicyclic) bond motifs is 1. The third kappa shape index (κ3) is 4.66. The zero-order valence-electron chi connectivity index (χ0n) is 21.4. The average molecular weight is 547 g/mol. The monoisotopic (exact) mass is 547 g/mol. The Balaban J connectivity index is 1.89. The van der Waals surface area contributed by atoms with Gasteiger partial charge in [-0.1, -0.05) is 18.2 Å². The fourth-order valence-electron chi connectivity index (χ4n) is 3.77. The van der Waals surface area contributed by atoms with Gasteiger partial charge < -0.3 is 14.6 Å². The van der Waals surface area contributed by atoms with Crippen molar-refractivity contribution in [1.29, 1.82) is 0 Å². The van der Waals surface area contributed by atoms with Crippen molar-refractivity contribution in [1.82, 2.24) is 14.0 Å². The number of amides is 3. The molecule has 0 aliphatic carbocycles. The van der Waals surface area contributed by atoms with Crippen LogP contribution in [0, 0.1) is 0 Å². The van der Waals surface area contributed by atoms with Gasteiger partial charge in [-0.2, -0.15) is 4.90 Å². The Morgan fingerprint density at radius 3 is 2.15 bits per heavy atom. The largest absolute Gasteiger partial charge is 0.862 e. The van der Waals surface area contributed by atoms with Gasteiger partial charge in [0.05, 0.1) is 23.8 Å². The van der Waals surface area contributed by atoms with Crippen molar-refractivity contribution < 1.29 is 33.8 Å². The lowest BCUT2D eigenvalue weighted by Crippen LogP contribution is -2.38. The van der Waals surface area contributed by atoms with Crippen molar-refractivity contribution in [3.05, 3.63) is 80.0 Å². The van der Waals surface area contributed by atoms with Crippen LogP contribution in [0.4, 0.5) is 22.0 Å². The highest BCUT2D eigenvalue weighted by Crippen LogP contribution is 2.36. The van der Waals surface area contributed by atoms with E-state index in [1.807, 2.05) is 0 Å². The quantitative estimate of drug-likeness (QED) is 0.149. The first-order valence-corrected chi connectivity index (χ1v) is 11.3. The van der Waals surface area contributed by atoms with Gasteiger partial charge in [0, 0.05) is 14.1 Å². The molecule has 0 radical (unpaired) electrons. The summed E-state index contributed by atoms with van der Waals surface area (Å²) >= 11 is 0. The van der Waals surface area contributed by atoms with Crippen LogP contribution in [0.2, 0.25) is 0 Å². The van der Waals surface area contributed by atoms with Gasteiger partial charge in [0.25, 0.3) is 17.4 Å². The molecule has 0 unspecified atom stereocenters. The lowest BCUT2D eigenvalue weighted by Gasteiger charge is -2.12. The molecule has 0 saturated carbocycles. The number of rotatable bonds is 5. The molecule has 0 fully saturated rings. The van der Waals surface area contributed by atoms with Crippen LogP contribution in [-0.2, 0) is 18.8 Å². The van der Waals surface area contributed by atoms with E-state index in [1.165, 1.54) is 19.2 Å². The Kier molecular flexibility index (Phi) is 7.21. The molecular formula is C25H19N6O9-. The normalized spacial score (nSPS) is 13.1. The number of para-hydroxylation sites is 1. The van der Waals surface area contributed by atoms with E-state index in [0.29, 0.717) is 4.57 Å². The third-order valence-corrected chi connectivity index (χ3v) is 5.69. The van der Waals surface area contributed by atoms with Gasteiger partial charge in [-0.25, -0.2) is 19.4 Å². The van der Waals surface area contributed by atoms with Gasteiger partial charge in [0.1, 0.15) is 11.4 Å². The Morgan fingerprint density at radius 1 is 0.875 bits per heavy atom. The molecule has 1 aliphatic heterocycles. The molecular weight excluding hydrogens is 528 g/mol. The zero-order chi connectivity index (χ0) is 29.3. The molecule has 0 atom stereocenters. The van der Waals surface area contributed by atoms with Crippen LogP contribution in [-0.4, -0.2) is 50.9 Å². The summed E-state index contributed by atoms with van der Waals surface area (Å²) in [5.41, 5.74) is -4.03. The summed E-state index contributed by atoms with van der Waals surface area (Å²) in [6.07, 6.45) is -1.31. The van der Waals surface area contributed by atoms with Gasteiger partial charge in [-0.15, -0.1) is 10.2 Å². The number of benzene rings is 2. The molecule has 4 rings (SSSR count). The molecule has 1 aliphatic rings. The van der Waals surface area contributed by atoms with Gasteiger partial charge in [-0.05, 0) is 37.1 Å². The summed E-state index contributed by atoms with van der Waals surface area (Å²) in [6.45, 7) is 1.08. The number of hydrogen-bond acceptors (Lipinski definition) is 12. The molecule has 3 aromatic rings. The number of aromatic nitrogens is 2. The van der Waals surface area contributed by atoms with Crippen molar-refractivity contribution >= 4 is 47.0 Å². The van der Waals surface area contributed by atoms with E-state index in [-0.39, 0.29) is 21.8 Å². The van der Waals surface area contributed by atoms with Crippen molar-refractivity contribution in [2.45, 2.75) is 6.92 Å². The second kappa shape index (κ2) is 10.6. The minimum absolute atomic E-state index is 0.0616. The number of ether oxygens (including phenoxy) is 2. The molecule has 3 amide bonds. The first kappa shape index (κ1) is 27.3. The lowest BCUT2D eigenvalue weighted by atomic mass is 10.0. The van der Waals surface area contributed by atoms with Crippen LogP contribution < -0.4 is 21.1 Å². The molecule has 15 nitrogen and oxygen atoms in total. The fourth-order valence-corrected chi connectivity index (χ4v) is 3.77. The number of esters is 1. The molecule has 1 aromatic heterocycles. The van der Waals surface area contributed by atoms with E-state index < -0.39 is 63.8 Å². The minimum Gasteiger partial charge on any atom is -0.862 e. The number of hydrogen-bond donors (Lipinski definition) is 0. The summed E-state index contributed by atoms with van der Waals surface area (Å²) in [4.78, 5) is 80.8. The van der Waals surface area contributed by atoms with Gasteiger partial charge in [0.2, 0.25) is 0 Å². The average Bonchev–Trinajstić information content (AvgIpc) is 3.19. The SMILES string of the molecule is COC(=O)c1ccc2c(c1N=Nc1c(/N=C(/C)[O-])n(C)c(=O)n(C)c1=O)C(=O)N(C(=O)Oc1ccccc1)C2=O. The molecule has 0 spiro atoms. The second-order valence-electron chi connectivity index (χ2n) is 8.21. The summed E-state index contributed by atoms with van der Waals surface area (Å²) in [5, 5.41) is 19.4. The maximum atomic E-state index is 13.3. The Hall–Kier alpha value is -5.73. The maximum absolute atomic E-state index is 13.3. The molecule has 2 aromatic carbocycles. The Labute approximate surface area is 224 Å². The first-order valence-electron chi connectivity index (χ1n) is 11.3. The maximum Gasteiger partial charge on any atom is 0.429 e. The number of azo groups is 1. The van der Waals surface area contributed by atoms with Gasteiger partial charge in [0.15, 0.2) is 11.5 Å². The fraction of sp³-hybridized carbons (Fsp3) is 0.160. The van der Waals surface area contributed by atoms with Crippen LogP contribution in [0.15, 0.2) is 67.3 Å². The molecule has 15 heteroatoms. The number of nitrogens with zero attached hydrogens (tertiary/aromatic N) is 6. The van der Waals surface area contributed by atoms with Crippen LogP contribution in [0.1, 0.15) is 38.0 Å². The molecule has 0 N–H and O–H groups in total. The van der Waals surface area contributed by atoms with Crippen molar-refractivity contribution in [3.63, 3.8) is 0 Å². The summed E-state index contributed by atoms with van der Waals surface area (Å²) in [5.74, 6) is -4.35. The first-order chi connectivity index (χ1) is 19.0. The second-order valence-corrected chi connectivity index (χ2v) is 8.21. The van der Waals surface area contributed by atoms with E-state index >= 15 is 0 Å². The molecule has 40 heavy (non-hydrogen) atoms. The Morgan fingerprint density at radius 2 is 1.52 bits per heavy atom. The summed E-state index contributed by atoms with van der Waals surface area (Å²) in [7, 11) is 3.44. The predicted molar refractivity (Wildman–Crippen MR) is 135 cm³/mol. The van der Waals surface area contributed by atoms with Crippen LogP contribution in [0.3, 0.4) is 0 Å². The molecule has 2 heterocycles. The van der Waals surface area contributed by atoms with E-state index in [1.54, 1.807) is 18.2 Å². The van der Waals surface area contributed by atoms with Crippen LogP contribution in [0.25, 0.3) is 0 Å².